The molecule has 3 aromatic heterocycles. The van der Waals surface area contributed by atoms with Crippen molar-refractivity contribution in [3.63, 3.8) is 0 Å². The van der Waals surface area contributed by atoms with Crippen LogP contribution in [0.3, 0.4) is 0 Å². The molecule has 0 aliphatic carbocycles. The average Bonchev–Trinajstić information content (AvgIpc) is 3.43. The largest absolute Gasteiger partial charge is 1.00 e. The Balaban J connectivity index is 0.00000274. The van der Waals surface area contributed by atoms with Gasteiger partial charge in [-0.3, -0.25) is 0 Å². The molecule has 0 bridgehead atoms. The normalized spacial score (nSPS) is 12.5. The third-order valence-corrected chi connectivity index (χ3v) is 6.52. The molecule has 0 saturated heterocycles. The van der Waals surface area contributed by atoms with Crippen LogP contribution in [0.15, 0.2) is 61.7 Å². The maximum absolute atomic E-state index is 5.27. The van der Waals surface area contributed by atoms with Gasteiger partial charge in [0.1, 0.15) is 36.2 Å². The first-order chi connectivity index (χ1) is 15.4. The summed E-state index contributed by atoms with van der Waals surface area (Å²) in [4.78, 5) is 5.27. The first kappa shape index (κ1) is 24.4. The molecule has 0 aliphatic heterocycles. The van der Waals surface area contributed by atoms with E-state index in [1.807, 2.05) is 0 Å². The van der Waals surface area contributed by atoms with E-state index in [0.29, 0.717) is 0 Å². The topological polar surface area (TPSA) is 31.7 Å². The van der Waals surface area contributed by atoms with Crippen molar-refractivity contribution in [1.29, 1.82) is 0 Å². The Hall–Kier alpha value is -2.74. The van der Waals surface area contributed by atoms with Crippen LogP contribution in [0, 0.1) is 0 Å². The van der Waals surface area contributed by atoms with E-state index in [2.05, 4.69) is 136 Å². The van der Waals surface area contributed by atoms with E-state index in [4.69, 9.17) is 4.98 Å². The second-order valence-electron chi connectivity index (χ2n) is 11.4. The van der Waals surface area contributed by atoms with Gasteiger partial charge in [-0.1, -0.05) is 64.7 Å². The third-order valence-electron chi connectivity index (χ3n) is 6.52. The molecule has 5 aromatic rings. The fraction of sp³-hybridized carbons (Fsp3) is 0.357. The Morgan fingerprint density at radius 2 is 1.03 bits per heavy atom. The van der Waals surface area contributed by atoms with Gasteiger partial charge in [-0.05, 0) is 44.9 Å². The summed E-state index contributed by atoms with van der Waals surface area (Å²) in [5.41, 5.74) is 7.00. The van der Waals surface area contributed by atoms with Gasteiger partial charge in [0.15, 0.2) is 0 Å². The van der Waals surface area contributed by atoms with Crippen molar-refractivity contribution < 1.29 is 28.0 Å². The minimum Gasteiger partial charge on any atom is -0.650 e. The Morgan fingerprint density at radius 1 is 0.647 bits per heavy atom. The second kappa shape index (κ2) is 8.18. The van der Waals surface area contributed by atoms with Gasteiger partial charge in [-0.25, -0.2) is 18.3 Å². The number of nitrogens with zero attached hydrogens (tertiary/aromatic N) is 5. The summed E-state index contributed by atoms with van der Waals surface area (Å²) in [6.45, 7) is 13.7. The van der Waals surface area contributed by atoms with Crippen molar-refractivity contribution in [2.45, 2.75) is 52.4 Å². The summed E-state index contributed by atoms with van der Waals surface area (Å²) in [5.74, 6) is 0. The van der Waals surface area contributed by atoms with Gasteiger partial charge < -0.3 is 4.98 Å². The summed E-state index contributed by atoms with van der Waals surface area (Å²) in [5, 5.41) is 2.43. The SMILES string of the molecule is C[n+]1ccn(-c2cc(C(C)(C)C)cc3c2[n-]c2c(-n4cc[n+](C)c4)cc(C(C)(C)C)cc23)c1.[Li+]. The van der Waals surface area contributed by atoms with Gasteiger partial charge in [0.05, 0.1) is 14.1 Å². The Kier molecular flexibility index (Phi) is 5.87. The number of imidazole rings is 2. The molecule has 0 amide bonds. The number of benzene rings is 2. The number of aromatic nitrogens is 5. The van der Waals surface area contributed by atoms with Crippen molar-refractivity contribution in [1.82, 2.24) is 14.1 Å². The molecule has 6 heteroatoms. The molecule has 0 aliphatic rings. The van der Waals surface area contributed by atoms with Crippen LogP contribution in [-0.4, -0.2) is 9.13 Å². The van der Waals surface area contributed by atoms with Crippen LogP contribution >= 0.6 is 0 Å². The second-order valence-corrected chi connectivity index (χ2v) is 11.4. The molecule has 0 atom stereocenters. The van der Waals surface area contributed by atoms with E-state index in [1.54, 1.807) is 0 Å². The van der Waals surface area contributed by atoms with Crippen LogP contribution in [0.25, 0.3) is 33.2 Å². The smallest absolute Gasteiger partial charge is 0.650 e. The van der Waals surface area contributed by atoms with Crippen molar-refractivity contribution in [3.05, 3.63) is 72.8 Å². The zero-order valence-electron chi connectivity index (χ0n) is 22.0. The van der Waals surface area contributed by atoms with E-state index in [-0.39, 0.29) is 29.7 Å². The van der Waals surface area contributed by atoms with Crippen LogP contribution in [-0.2, 0) is 24.9 Å². The maximum Gasteiger partial charge on any atom is 1.00 e. The molecular weight excluding hydrogens is 413 g/mol. The van der Waals surface area contributed by atoms with Gasteiger partial charge >= 0.3 is 18.9 Å². The molecule has 0 radical (unpaired) electrons. The molecule has 0 N–H and O–H groups in total. The molecule has 0 spiro atoms. The van der Waals surface area contributed by atoms with Crippen molar-refractivity contribution >= 4 is 21.8 Å². The Bertz CT molecular complexity index is 1390. The molecule has 0 fully saturated rings. The van der Waals surface area contributed by atoms with Crippen molar-refractivity contribution in [2.24, 2.45) is 14.1 Å². The van der Waals surface area contributed by atoms with E-state index >= 15 is 0 Å². The molecular formula is C28H34LiN5+2. The molecule has 3 heterocycles. The summed E-state index contributed by atoms with van der Waals surface area (Å²) < 4.78 is 8.51. The zero-order valence-corrected chi connectivity index (χ0v) is 22.0. The minimum absolute atomic E-state index is 0. The fourth-order valence-corrected chi connectivity index (χ4v) is 4.44. The predicted molar refractivity (Wildman–Crippen MR) is 133 cm³/mol. The first-order valence-electron chi connectivity index (χ1n) is 11.6. The van der Waals surface area contributed by atoms with Crippen molar-refractivity contribution in [3.8, 4) is 11.4 Å². The minimum atomic E-state index is 0. The molecule has 5 nitrogen and oxygen atoms in total. The third kappa shape index (κ3) is 4.12. The fourth-order valence-electron chi connectivity index (χ4n) is 4.44. The van der Waals surface area contributed by atoms with E-state index in [9.17, 15) is 0 Å². The van der Waals surface area contributed by atoms with Gasteiger partial charge in [0.25, 0.3) is 0 Å². The summed E-state index contributed by atoms with van der Waals surface area (Å²) >= 11 is 0. The van der Waals surface area contributed by atoms with E-state index in [1.165, 1.54) is 21.9 Å². The van der Waals surface area contributed by atoms with Crippen LogP contribution < -0.4 is 33.0 Å². The number of hydrogen-bond acceptors (Lipinski definition) is 0. The van der Waals surface area contributed by atoms with Crippen LogP contribution in [0.2, 0.25) is 0 Å². The average molecular weight is 448 g/mol. The molecule has 5 rings (SSSR count). The number of hydrogen-bond donors (Lipinski definition) is 0. The van der Waals surface area contributed by atoms with Gasteiger partial charge in [-0.2, -0.15) is 0 Å². The van der Waals surface area contributed by atoms with Gasteiger partial charge in [0.2, 0.25) is 12.7 Å². The predicted octanol–water partition coefficient (Wildman–Crippen LogP) is 1.78. The van der Waals surface area contributed by atoms with E-state index in [0.717, 1.165) is 22.4 Å². The standard InChI is InChI=1S/C28H34N5.Li/c1-27(2,3)19-13-21-22-14-20(28(4,5)6)16-24(33-12-10-31(8)18-33)26(22)29-25(21)23(15-19)32-11-9-30(7)17-32;/h9-18H,1-8H3;/q2*+1. The van der Waals surface area contributed by atoms with E-state index < -0.39 is 0 Å². The van der Waals surface area contributed by atoms with Gasteiger partial charge in [-0.15, -0.1) is 0 Å². The molecule has 170 valence electrons. The summed E-state index contributed by atoms with van der Waals surface area (Å²) in [6, 6.07) is 9.30. The maximum atomic E-state index is 5.27. The van der Waals surface area contributed by atoms with Crippen LogP contribution in [0.5, 0.6) is 0 Å². The quantitative estimate of drug-likeness (QED) is 0.300. The molecule has 34 heavy (non-hydrogen) atoms. The number of rotatable bonds is 2. The number of aryl methyl sites for hydroxylation is 2. The van der Waals surface area contributed by atoms with Gasteiger partial charge in [0, 0.05) is 0 Å². The molecule has 0 unspecified atom stereocenters. The molecule has 0 saturated carbocycles. The first-order valence-corrected chi connectivity index (χ1v) is 11.6. The molecule has 2 aromatic carbocycles. The summed E-state index contributed by atoms with van der Waals surface area (Å²) in [6.07, 6.45) is 12.6. The zero-order chi connectivity index (χ0) is 23.7. The number of fused-ring (bicyclic) bond motifs is 3. The van der Waals surface area contributed by atoms with Crippen molar-refractivity contribution in [2.75, 3.05) is 0 Å². The van der Waals surface area contributed by atoms with Crippen LogP contribution in [0.4, 0.5) is 0 Å². The summed E-state index contributed by atoms with van der Waals surface area (Å²) in [7, 11) is 4.10. The monoisotopic (exact) mass is 447 g/mol. The Labute approximate surface area is 214 Å². The Morgan fingerprint density at radius 3 is 1.32 bits per heavy atom. The van der Waals surface area contributed by atoms with Crippen LogP contribution in [0.1, 0.15) is 52.7 Å².